The van der Waals surface area contributed by atoms with Gasteiger partial charge in [-0.3, -0.25) is 20.2 Å². The van der Waals surface area contributed by atoms with Gasteiger partial charge in [0.25, 0.3) is 11.4 Å². The van der Waals surface area contributed by atoms with Crippen LogP contribution in [0.2, 0.25) is 0 Å². The number of aromatic nitrogens is 1. The Hall–Kier alpha value is -3.95. The standard InChI is InChI=1S/C17H13N3O7/c1-25-15-7-10(13(20(23)24)9-16(15)26-2)3-6-17-18-12-8-11(19(21)22)4-5-14(12)27-17/h3-9H,1-2H3/b6-3+. The number of nitro groups is 2. The van der Waals surface area contributed by atoms with Gasteiger partial charge in [0, 0.05) is 18.2 Å². The van der Waals surface area contributed by atoms with Crippen molar-refractivity contribution in [1.29, 1.82) is 0 Å². The van der Waals surface area contributed by atoms with Crippen LogP contribution < -0.4 is 9.47 Å². The van der Waals surface area contributed by atoms with E-state index >= 15 is 0 Å². The first kappa shape index (κ1) is 17.9. The Kier molecular flexibility index (Phi) is 4.71. The number of nitro benzene ring substituents is 2. The molecule has 0 spiro atoms. The van der Waals surface area contributed by atoms with Crippen LogP contribution in [0, 0.1) is 20.2 Å². The van der Waals surface area contributed by atoms with Crippen LogP contribution in [-0.2, 0) is 0 Å². The summed E-state index contributed by atoms with van der Waals surface area (Å²) in [7, 11) is 2.81. The van der Waals surface area contributed by atoms with Gasteiger partial charge in [0.05, 0.1) is 35.7 Å². The van der Waals surface area contributed by atoms with Gasteiger partial charge in [-0.2, -0.15) is 0 Å². The van der Waals surface area contributed by atoms with Crippen LogP contribution in [0.1, 0.15) is 11.5 Å². The van der Waals surface area contributed by atoms with E-state index in [2.05, 4.69) is 4.98 Å². The highest BCUT2D eigenvalue weighted by molar-refractivity contribution is 5.79. The fraction of sp³-hybridized carbons (Fsp3) is 0.118. The monoisotopic (exact) mass is 371 g/mol. The topological polar surface area (TPSA) is 131 Å². The summed E-state index contributed by atoms with van der Waals surface area (Å²) in [6.45, 7) is 0. The highest BCUT2D eigenvalue weighted by Crippen LogP contribution is 2.35. The minimum atomic E-state index is -0.545. The molecule has 0 N–H and O–H groups in total. The number of oxazole rings is 1. The number of rotatable bonds is 6. The van der Waals surface area contributed by atoms with Crippen molar-refractivity contribution < 1.29 is 23.7 Å². The molecule has 0 bridgehead atoms. The fourth-order valence-electron chi connectivity index (χ4n) is 2.46. The number of benzene rings is 2. The lowest BCUT2D eigenvalue weighted by Crippen LogP contribution is -1.96. The van der Waals surface area contributed by atoms with E-state index in [0.29, 0.717) is 16.8 Å². The molecule has 0 radical (unpaired) electrons. The SMILES string of the molecule is COc1cc(/C=C/c2nc3cc([N+](=O)[O-])ccc3o2)c([N+](=O)[O-])cc1OC. The fourth-order valence-corrected chi connectivity index (χ4v) is 2.46. The predicted octanol–water partition coefficient (Wildman–Crippen LogP) is 3.83. The molecule has 0 aliphatic carbocycles. The molecule has 10 heteroatoms. The van der Waals surface area contributed by atoms with Crippen molar-refractivity contribution in [3.8, 4) is 11.5 Å². The number of hydrogen-bond acceptors (Lipinski definition) is 8. The summed E-state index contributed by atoms with van der Waals surface area (Å²) in [4.78, 5) is 25.2. The van der Waals surface area contributed by atoms with Crippen molar-refractivity contribution in [3.05, 3.63) is 62.0 Å². The summed E-state index contributed by atoms with van der Waals surface area (Å²) in [6, 6.07) is 6.75. The zero-order chi connectivity index (χ0) is 19.6. The van der Waals surface area contributed by atoms with Gasteiger partial charge in [0.1, 0.15) is 5.52 Å². The van der Waals surface area contributed by atoms with Gasteiger partial charge in [-0.15, -0.1) is 0 Å². The Morgan fingerprint density at radius 3 is 2.33 bits per heavy atom. The molecule has 0 atom stereocenters. The van der Waals surface area contributed by atoms with Crippen LogP contribution in [-0.4, -0.2) is 29.1 Å². The molecule has 10 nitrogen and oxygen atoms in total. The van der Waals surface area contributed by atoms with E-state index in [9.17, 15) is 20.2 Å². The first-order chi connectivity index (χ1) is 12.9. The lowest BCUT2D eigenvalue weighted by molar-refractivity contribution is -0.385. The van der Waals surface area contributed by atoms with E-state index in [1.807, 2.05) is 0 Å². The number of non-ortho nitro benzene ring substituents is 1. The van der Waals surface area contributed by atoms with E-state index in [4.69, 9.17) is 13.9 Å². The van der Waals surface area contributed by atoms with Crippen LogP contribution in [0.4, 0.5) is 11.4 Å². The summed E-state index contributed by atoms with van der Waals surface area (Å²) >= 11 is 0. The normalized spacial score (nSPS) is 11.0. The molecule has 138 valence electrons. The minimum Gasteiger partial charge on any atom is -0.493 e. The highest BCUT2D eigenvalue weighted by atomic mass is 16.6. The second kappa shape index (κ2) is 7.12. The second-order valence-electron chi connectivity index (χ2n) is 5.32. The summed E-state index contributed by atoms with van der Waals surface area (Å²) in [5.41, 5.74) is 0.635. The lowest BCUT2D eigenvalue weighted by Gasteiger charge is -2.08. The maximum atomic E-state index is 11.3. The number of methoxy groups -OCH3 is 2. The Balaban J connectivity index is 2.01. The summed E-state index contributed by atoms with van der Waals surface area (Å²) < 4.78 is 15.7. The minimum absolute atomic E-state index is 0.109. The molecule has 1 heterocycles. The Labute approximate surface area is 151 Å². The summed E-state index contributed by atoms with van der Waals surface area (Å²) in [5.74, 6) is 0.709. The molecule has 0 aliphatic rings. The third kappa shape index (κ3) is 3.54. The van der Waals surface area contributed by atoms with E-state index in [1.54, 1.807) is 0 Å². The molecule has 0 unspecified atom stereocenters. The average molecular weight is 371 g/mol. The third-order valence-electron chi connectivity index (χ3n) is 3.73. The van der Waals surface area contributed by atoms with Crippen LogP contribution in [0.15, 0.2) is 34.7 Å². The highest BCUT2D eigenvalue weighted by Gasteiger charge is 2.18. The Morgan fingerprint density at radius 1 is 1.00 bits per heavy atom. The summed E-state index contributed by atoms with van der Waals surface area (Å²) in [5, 5.41) is 22.1. The summed E-state index contributed by atoms with van der Waals surface area (Å²) in [6.07, 6.45) is 2.87. The Morgan fingerprint density at radius 2 is 1.70 bits per heavy atom. The molecule has 0 aliphatic heterocycles. The van der Waals surface area contributed by atoms with Gasteiger partial charge in [-0.25, -0.2) is 4.98 Å². The van der Waals surface area contributed by atoms with Gasteiger partial charge < -0.3 is 13.9 Å². The number of fused-ring (bicyclic) bond motifs is 1. The van der Waals surface area contributed by atoms with Crippen LogP contribution in [0.3, 0.4) is 0 Å². The predicted molar refractivity (Wildman–Crippen MR) is 95.8 cm³/mol. The molecule has 27 heavy (non-hydrogen) atoms. The van der Waals surface area contributed by atoms with E-state index < -0.39 is 9.85 Å². The van der Waals surface area contributed by atoms with Gasteiger partial charge >= 0.3 is 0 Å². The van der Waals surface area contributed by atoms with E-state index in [0.717, 1.165) is 0 Å². The molecule has 2 aromatic carbocycles. The van der Waals surface area contributed by atoms with Crippen molar-refractivity contribution in [1.82, 2.24) is 4.98 Å². The molecular weight excluding hydrogens is 358 g/mol. The molecule has 0 saturated carbocycles. The largest absolute Gasteiger partial charge is 0.493 e. The van der Waals surface area contributed by atoms with E-state index in [-0.39, 0.29) is 28.6 Å². The van der Waals surface area contributed by atoms with Crippen molar-refractivity contribution in [2.45, 2.75) is 0 Å². The van der Waals surface area contributed by atoms with Gasteiger partial charge in [-0.05, 0) is 18.2 Å². The second-order valence-corrected chi connectivity index (χ2v) is 5.32. The van der Waals surface area contributed by atoms with Crippen LogP contribution in [0.5, 0.6) is 11.5 Å². The smallest absolute Gasteiger partial charge is 0.280 e. The number of nitrogens with zero attached hydrogens (tertiary/aromatic N) is 3. The maximum absolute atomic E-state index is 11.3. The quantitative estimate of drug-likeness (QED) is 0.472. The number of ether oxygens (including phenoxy) is 2. The average Bonchev–Trinajstić information content (AvgIpc) is 3.07. The number of hydrogen-bond donors (Lipinski definition) is 0. The Bertz CT molecular complexity index is 1070. The van der Waals surface area contributed by atoms with Gasteiger partial charge in [0.15, 0.2) is 17.1 Å². The van der Waals surface area contributed by atoms with Crippen molar-refractivity contribution in [2.24, 2.45) is 0 Å². The van der Waals surface area contributed by atoms with Crippen LogP contribution >= 0.6 is 0 Å². The molecule has 0 amide bonds. The molecule has 0 saturated heterocycles. The van der Waals surface area contributed by atoms with Gasteiger partial charge in [-0.1, -0.05) is 0 Å². The van der Waals surface area contributed by atoms with Crippen molar-refractivity contribution >= 4 is 34.6 Å². The van der Waals surface area contributed by atoms with Gasteiger partial charge in [0.2, 0.25) is 5.89 Å². The third-order valence-corrected chi connectivity index (χ3v) is 3.73. The lowest BCUT2D eigenvalue weighted by atomic mass is 10.1. The van der Waals surface area contributed by atoms with Crippen LogP contribution in [0.25, 0.3) is 23.3 Å². The first-order valence-electron chi connectivity index (χ1n) is 7.56. The zero-order valence-electron chi connectivity index (χ0n) is 14.2. The first-order valence-corrected chi connectivity index (χ1v) is 7.56. The molecule has 1 aromatic heterocycles. The van der Waals surface area contributed by atoms with Crippen molar-refractivity contribution in [3.63, 3.8) is 0 Å². The molecular formula is C17H13N3O7. The van der Waals surface area contributed by atoms with Crippen molar-refractivity contribution in [2.75, 3.05) is 14.2 Å². The molecule has 0 fully saturated rings. The molecule has 3 aromatic rings. The maximum Gasteiger partial charge on any atom is 0.280 e. The molecule has 3 rings (SSSR count). The van der Waals surface area contributed by atoms with E-state index in [1.165, 1.54) is 56.7 Å². The zero-order valence-corrected chi connectivity index (χ0v) is 14.2.